The third kappa shape index (κ3) is 3.52. The molecule has 0 saturated carbocycles. The van der Waals surface area contributed by atoms with Gasteiger partial charge in [-0.2, -0.15) is 0 Å². The maximum Gasteiger partial charge on any atom is 0.122 e. The molecule has 2 nitrogen and oxygen atoms in total. The molecule has 0 spiro atoms. The molecule has 21 heavy (non-hydrogen) atoms. The van der Waals surface area contributed by atoms with E-state index < -0.39 is 0 Å². The molecule has 2 aromatic carbocycles. The molecule has 0 heterocycles. The molecule has 0 aliphatic rings. The number of benzene rings is 2. The number of nitrogens with one attached hydrogen (secondary N) is 1. The number of aryl methyl sites for hydroxylation is 1. The molecular formula is C17H19Cl2NO. The van der Waals surface area contributed by atoms with Crippen molar-refractivity contribution in [1.82, 2.24) is 5.32 Å². The number of ether oxygens (including phenoxy) is 1. The summed E-state index contributed by atoms with van der Waals surface area (Å²) in [5, 5.41) is 4.61. The van der Waals surface area contributed by atoms with Gasteiger partial charge < -0.3 is 10.1 Å². The third-order valence-electron chi connectivity index (χ3n) is 3.47. The van der Waals surface area contributed by atoms with Crippen LogP contribution in [0.25, 0.3) is 0 Å². The van der Waals surface area contributed by atoms with E-state index in [-0.39, 0.29) is 6.04 Å². The topological polar surface area (TPSA) is 21.3 Å². The molecule has 112 valence electrons. The van der Waals surface area contributed by atoms with Gasteiger partial charge in [-0.3, -0.25) is 0 Å². The fourth-order valence-electron chi connectivity index (χ4n) is 2.37. The Morgan fingerprint density at radius 3 is 2.62 bits per heavy atom. The van der Waals surface area contributed by atoms with E-state index in [0.29, 0.717) is 10.0 Å². The third-order valence-corrected chi connectivity index (χ3v) is 4.30. The Morgan fingerprint density at radius 1 is 1.19 bits per heavy atom. The molecule has 2 rings (SSSR count). The molecule has 1 atom stereocenters. The van der Waals surface area contributed by atoms with Gasteiger partial charge >= 0.3 is 0 Å². The largest absolute Gasteiger partial charge is 0.496 e. The molecule has 0 bridgehead atoms. The van der Waals surface area contributed by atoms with Crippen molar-refractivity contribution >= 4 is 23.2 Å². The van der Waals surface area contributed by atoms with Crippen LogP contribution in [0.1, 0.15) is 29.7 Å². The van der Waals surface area contributed by atoms with Gasteiger partial charge in [0.2, 0.25) is 0 Å². The minimum atomic E-state index is -0.0179. The van der Waals surface area contributed by atoms with Gasteiger partial charge in [0.25, 0.3) is 0 Å². The molecule has 0 amide bonds. The second-order valence-corrected chi connectivity index (χ2v) is 5.65. The van der Waals surface area contributed by atoms with Crippen LogP contribution in [0.2, 0.25) is 10.0 Å². The summed E-state index contributed by atoms with van der Waals surface area (Å²) in [6, 6.07) is 11.9. The standard InChI is InChI=1S/C17H19Cl2NO/c1-4-20-17(13-6-5-7-14(18)16(13)19)12-9-8-11(2)15(10-12)21-3/h5-10,17,20H,4H2,1-3H3. The Morgan fingerprint density at radius 2 is 1.95 bits per heavy atom. The van der Waals surface area contributed by atoms with Crippen molar-refractivity contribution in [2.45, 2.75) is 19.9 Å². The molecule has 0 saturated heterocycles. The van der Waals surface area contributed by atoms with Crippen molar-refractivity contribution in [3.63, 3.8) is 0 Å². The van der Waals surface area contributed by atoms with E-state index in [1.807, 2.05) is 25.1 Å². The van der Waals surface area contributed by atoms with Crippen LogP contribution in [0.3, 0.4) is 0 Å². The van der Waals surface area contributed by atoms with Crippen molar-refractivity contribution in [2.75, 3.05) is 13.7 Å². The molecule has 0 radical (unpaired) electrons. The molecule has 1 N–H and O–H groups in total. The van der Waals surface area contributed by atoms with Crippen LogP contribution in [-0.4, -0.2) is 13.7 Å². The number of halogens is 2. The molecule has 0 aromatic heterocycles. The minimum Gasteiger partial charge on any atom is -0.496 e. The molecule has 0 aliphatic carbocycles. The van der Waals surface area contributed by atoms with Gasteiger partial charge in [0.05, 0.1) is 23.2 Å². The van der Waals surface area contributed by atoms with Gasteiger partial charge in [-0.1, -0.05) is 54.4 Å². The predicted octanol–water partition coefficient (Wildman–Crippen LogP) is 5.01. The average molecular weight is 324 g/mol. The first-order valence-electron chi connectivity index (χ1n) is 6.90. The Hall–Kier alpha value is -1.22. The van der Waals surface area contributed by atoms with E-state index in [9.17, 15) is 0 Å². The van der Waals surface area contributed by atoms with E-state index in [1.165, 1.54) is 0 Å². The first-order chi connectivity index (χ1) is 10.1. The second kappa shape index (κ2) is 7.17. The molecule has 4 heteroatoms. The van der Waals surface area contributed by atoms with Crippen molar-refractivity contribution < 1.29 is 4.74 Å². The van der Waals surface area contributed by atoms with Crippen LogP contribution in [0.15, 0.2) is 36.4 Å². The zero-order valence-corrected chi connectivity index (χ0v) is 13.9. The first kappa shape index (κ1) is 16.2. The lowest BCUT2D eigenvalue weighted by Gasteiger charge is -2.21. The Labute approximate surface area is 136 Å². The minimum absolute atomic E-state index is 0.0179. The van der Waals surface area contributed by atoms with Gasteiger partial charge in [-0.15, -0.1) is 0 Å². The smallest absolute Gasteiger partial charge is 0.122 e. The summed E-state index contributed by atoms with van der Waals surface area (Å²) in [6.07, 6.45) is 0. The van der Waals surface area contributed by atoms with Gasteiger partial charge in [-0.05, 0) is 42.3 Å². The van der Waals surface area contributed by atoms with Crippen molar-refractivity contribution in [3.05, 3.63) is 63.1 Å². The monoisotopic (exact) mass is 323 g/mol. The fraction of sp³-hybridized carbons (Fsp3) is 0.294. The van der Waals surface area contributed by atoms with Gasteiger partial charge in [0.15, 0.2) is 0 Å². The van der Waals surface area contributed by atoms with Crippen LogP contribution in [-0.2, 0) is 0 Å². The van der Waals surface area contributed by atoms with E-state index >= 15 is 0 Å². The predicted molar refractivity (Wildman–Crippen MR) is 89.7 cm³/mol. The number of methoxy groups -OCH3 is 1. The van der Waals surface area contributed by atoms with Gasteiger partial charge in [0.1, 0.15) is 5.75 Å². The van der Waals surface area contributed by atoms with Crippen molar-refractivity contribution in [3.8, 4) is 5.75 Å². The summed E-state index contributed by atoms with van der Waals surface area (Å²) < 4.78 is 5.42. The Balaban J connectivity index is 2.50. The highest BCUT2D eigenvalue weighted by Crippen LogP contribution is 2.34. The Bertz CT molecular complexity index is 628. The maximum absolute atomic E-state index is 6.38. The van der Waals surface area contributed by atoms with E-state index in [1.54, 1.807) is 13.2 Å². The van der Waals surface area contributed by atoms with Gasteiger partial charge in [-0.25, -0.2) is 0 Å². The lowest BCUT2D eigenvalue weighted by Crippen LogP contribution is -2.22. The highest BCUT2D eigenvalue weighted by Gasteiger charge is 2.18. The molecular weight excluding hydrogens is 305 g/mol. The summed E-state index contributed by atoms with van der Waals surface area (Å²) in [6.45, 7) is 4.91. The van der Waals surface area contributed by atoms with Crippen LogP contribution in [0.5, 0.6) is 5.75 Å². The summed E-state index contributed by atoms with van der Waals surface area (Å²) >= 11 is 12.5. The lowest BCUT2D eigenvalue weighted by molar-refractivity contribution is 0.410. The maximum atomic E-state index is 6.38. The zero-order chi connectivity index (χ0) is 15.4. The van der Waals surface area contributed by atoms with Crippen molar-refractivity contribution in [2.24, 2.45) is 0 Å². The summed E-state index contributed by atoms with van der Waals surface area (Å²) in [4.78, 5) is 0. The number of hydrogen-bond acceptors (Lipinski definition) is 2. The Kier molecular flexibility index (Phi) is 5.51. The molecule has 2 aromatic rings. The first-order valence-corrected chi connectivity index (χ1v) is 7.66. The molecule has 0 fully saturated rings. The van der Waals surface area contributed by atoms with Crippen LogP contribution < -0.4 is 10.1 Å². The summed E-state index contributed by atoms with van der Waals surface area (Å²) in [5.41, 5.74) is 3.18. The van der Waals surface area contributed by atoms with E-state index in [4.69, 9.17) is 27.9 Å². The molecule has 1 unspecified atom stereocenters. The number of rotatable bonds is 5. The van der Waals surface area contributed by atoms with Gasteiger partial charge in [0, 0.05) is 0 Å². The van der Waals surface area contributed by atoms with Crippen LogP contribution >= 0.6 is 23.2 Å². The molecule has 0 aliphatic heterocycles. The summed E-state index contributed by atoms with van der Waals surface area (Å²) in [5.74, 6) is 0.869. The highest BCUT2D eigenvalue weighted by atomic mass is 35.5. The fourth-order valence-corrected chi connectivity index (χ4v) is 2.79. The lowest BCUT2D eigenvalue weighted by atomic mass is 9.97. The SMILES string of the molecule is CCNC(c1ccc(C)c(OC)c1)c1cccc(Cl)c1Cl. The second-order valence-electron chi connectivity index (χ2n) is 4.86. The quantitative estimate of drug-likeness (QED) is 0.835. The van der Waals surface area contributed by atoms with E-state index in [2.05, 4.69) is 24.4 Å². The van der Waals surface area contributed by atoms with Crippen LogP contribution in [0.4, 0.5) is 0 Å². The normalized spacial score (nSPS) is 12.2. The van der Waals surface area contributed by atoms with Crippen molar-refractivity contribution in [1.29, 1.82) is 0 Å². The highest BCUT2D eigenvalue weighted by molar-refractivity contribution is 6.42. The summed E-state index contributed by atoms with van der Waals surface area (Å²) in [7, 11) is 1.68. The van der Waals surface area contributed by atoms with E-state index in [0.717, 1.165) is 29.0 Å². The average Bonchev–Trinajstić information content (AvgIpc) is 2.49. The van der Waals surface area contributed by atoms with Crippen LogP contribution in [0, 0.1) is 6.92 Å². The zero-order valence-electron chi connectivity index (χ0n) is 12.4. The number of hydrogen-bond donors (Lipinski definition) is 1.